The first-order chi connectivity index (χ1) is 16.3. The Hall–Kier alpha value is -1.15. The summed E-state index contributed by atoms with van der Waals surface area (Å²) in [4.78, 5) is 11.7. The van der Waals surface area contributed by atoms with E-state index in [1.54, 1.807) is 6.26 Å². The molecule has 35 heavy (non-hydrogen) atoms. The van der Waals surface area contributed by atoms with Crippen molar-refractivity contribution in [2.75, 3.05) is 0 Å². The maximum absolute atomic E-state index is 11.7. The minimum Gasteiger partial charge on any atom is -0.481 e. The highest BCUT2D eigenvalue weighted by atomic mass is 28.4. The topological polar surface area (TPSA) is 85.2 Å². The van der Waals surface area contributed by atoms with Gasteiger partial charge in [-0.15, -0.1) is 0 Å². The van der Waals surface area contributed by atoms with E-state index in [0.717, 1.165) is 12.8 Å². The molecule has 0 saturated heterocycles. The molecule has 0 spiro atoms. The Bertz CT molecular complexity index is 766. The number of ether oxygens (including phenoxy) is 2. The average molecular weight is 509 g/mol. The van der Waals surface area contributed by atoms with Gasteiger partial charge in [-0.1, -0.05) is 46.1 Å². The summed E-state index contributed by atoms with van der Waals surface area (Å²) in [5.74, 6) is -0.758. The Morgan fingerprint density at radius 3 is 2.34 bits per heavy atom. The van der Waals surface area contributed by atoms with E-state index in [4.69, 9.17) is 13.9 Å². The van der Waals surface area contributed by atoms with Gasteiger partial charge in [0.2, 0.25) is 6.29 Å². The largest absolute Gasteiger partial charge is 0.481 e. The molecular formula is C28H48O6Si. The molecule has 2 N–H and O–H groups in total. The predicted octanol–water partition coefficient (Wildman–Crippen LogP) is 6.41. The van der Waals surface area contributed by atoms with Crippen LogP contribution in [0.1, 0.15) is 85.5 Å². The number of carbonyl (C=O) groups is 1. The van der Waals surface area contributed by atoms with Crippen molar-refractivity contribution in [3.8, 4) is 0 Å². The van der Waals surface area contributed by atoms with Crippen LogP contribution in [0.3, 0.4) is 0 Å². The van der Waals surface area contributed by atoms with Crippen LogP contribution in [0.15, 0.2) is 24.5 Å². The molecule has 6 nitrogen and oxygen atoms in total. The number of hydrogen-bond acceptors (Lipinski definition) is 5. The molecule has 0 aromatic rings. The standard InChI is InChI=1S/C28H48O6Si/c1-27(2,3)35(5,6)34-28(4,20-12-8-7-9-13-20)16-15-21-22(18-25(30)31)23(29)19-24(21)33-26-14-10-11-17-32-26/h10-11,14,17,20-24,26,29H,7-9,12-13,15-16,18-19H2,1-6H3,(H,30,31)/t21-,22?,23-,24+,26+,28?/m0/s1. The molecule has 0 aromatic heterocycles. The third kappa shape index (κ3) is 7.21. The SMILES string of the molecule is CC(CC[C@H]1C(CC(=O)O)[C@@H](O)C[C@H]1O[C@@H]1C=CC=CO1)(O[Si](C)(C)C(C)(C)C)C1CCCCC1. The van der Waals surface area contributed by atoms with E-state index in [0.29, 0.717) is 12.3 Å². The van der Waals surface area contributed by atoms with Crippen molar-refractivity contribution in [1.29, 1.82) is 0 Å². The van der Waals surface area contributed by atoms with Gasteiger partial charge in [-0.2, -0.15) is 0 Å². The zero-order valence-electron chi connectivity index (χ0n) is 22.7. The lowest BCUT2D eigenvalue weighted by Crippen LogP contribution is -2.52. The van der Waals surface area contributed by atoms with Gasteiger partial charge in [0.05, 0.1) is 30.5 Å². The Morgan fingerprint density at radius 2 is 1.77 bits per heavy atom. The van der Waals surface area contributed by atoms with Gasteiger partial charge in [-0.05, 0) is 74.7 Å². The number of rotatable bonds is 10. The zero-order valence-corrected chi connectivity index (χ0v) is 23.7. The van der Waals surface area contributed by atoms with Crippen LogP contribution in [-0.4, -0.2) is 48.6 Å². The number of allylic oxidation sites excluding steroid dienone is 2. The lowest BCUT2D eigenvalue weighted by molar-refractivity contribution is -0.141. The maximum Gasteiger partial charge on any atom is 0.303 e. The van der Waals surface area contributed by atoms with Gasteiger partial charge < -0.3 is 24.1 Å². The highest BCUT2D eigenvalue weighted by Crippen LogP contribution is 2.48. The lowest BCUT2D eigenvalue weighted by atomic mass is 9.74. The first kappa shape index (κ1) is 28.4. The number of carboxylic acids is 1. The third-order valence-corrected chi connectivity index (χ3v) is 13.7. The average Bonchev–Trinajstić information content (AvgIpc) is 3.06. The summed E-state index contributed by atoms with van der Waals surface area (Å²) in [7, 11) is -2.02. The number of hydrogen-bond donors (Lipinski definition) is 2. The second-order valence-electron chi connectivity index (χ2n) is 12.7. The molecule has 7 heteroatoms. The zero-order chi connectivity index (χ0) is 25.9. The molecular weight excluding hydrogens is 460 g/mol. The normalized spacial score (nSPS) is 31.8. The molecule has 1 heterocycles. The minimum absolute atomic E-state index is 0.0454. The Labute approximate surface area is 213 Å². The summed E-state index contributed by atoms with van der Waals surface area (Å²) in [6, 6.07) is 0. The van der Waals surface area contributed by atoms with Crippen LogP contribution in [-0.2, 0) is 18.7 Å². The van der Waals surface area contributed by atoms with Gasteiger partial charge in [-0.25, -0.2) is 0 Å². The van der Waals surface area contributed by atoms with Crippen LogP contribution in [0, 0.1) is 17.8 Å². The van der Waals surface area contributed by atoms with E-state index in [9.17, 15) is 15.0 Å². The van der Waals surface area contributed by atoms with E-state index in [2.05, 4.69) is 40.8 Å². The molecule has 2 aliphatic carbocycles. The van der Waals surface area contributed by atoms with Gasteiger partial charge in [0.1, 0.15) is 0 Å². The number of aliphatic carboxylic acids is 1. The van der Waals surface area contributed by atoms with Crippen LogP contribution in [0.2, 0.25) is 18.1 Å². The Kier molecular flexibility index (Phi) is 9.33. The van der Waals surface area contributed by atoms with Crippen molar-refractivity contribution in [3.05, 3.63) is 24.5 Å². The molecule has 0 amide bonds. The molecule has 2 saturated carbocycles. The highest BCUT2D eigenvalue weighted by Gasteiger charge is 2.49. The van der Waals surface area contributed by atoms with E-state index in [1.807, 2.05) is 18.2 Å². The Balaban J connectivity index is 1.81. The Morgan fingerprint density at radius 1 is 1.09 bits per heavy atom. The van der Waals surface area contributed by atoms with Gasteiger partial charge in [0, 0.05) is 12.3 Å². The molecule has 0 aromatic carbocycles. The molecule has 200 valence electrons. The molecule has 3 rings (SSSR count). The van der Waals surface area contributed by atoms with Crippen LogP contribution < -0.4 is 0 Å². The van der Waals surface area contributed by atoms with E-state index < -0.39 is 26.7 Å². The summed E-state index contributed by atoms with van der Waals surface area (Å²) in [5, 5.41) is 20.5. The number of aliphatic hydroxyl groups excluding tert-OH is 1. The van der Waals surface area contributed by atoms with Crippen LogP contribution in [0.25, 0.3) is 0 Å². The minimum atomic E-state index is -2.02. The summed E-state index contributed by atoms with van der Waals surface area (Å²) in [6.45, 7) is 13.8. The molecule has 6 atom stereocenters. The fourth-order valence-electron chi connectivity index (χ4n) is 6.05. The first-order valence-corrected chi connectivity index (χ1v) is 16.5. The molecule has 0 radical (unpaired) electrons. The highest BCUT2D eigenvalue weighted by molar-refractivity contribution is 6.74. The van der Waals surface area contributed by atoms with Crippen LogP contribution in [0.5, 0.6) is 0 Å². The predicted molar refractivity (Wildman–Crippen MR) is 140 cm³/mol. The fraction of sp³-hybridized carbons (Fsp3) is 0.821. The fourth-order valence-corrected chi connectivity index (χ4v) is 7.79. The van der Waals surface area contributed by atoms with E-state index >= 15 is 0 Å². The lowest BCUT2D eigenvalue weighted by Gasteiger charge is -2.49. The number of aliphatic hydroxyl groups is 1. The monoisotopic (exact) mass is 508 g/mol. The summed E-state index contributed by atoms with van der Waals surface area (Å²) in [5.41, 5.74) is -0.265. The summed E-state index contributed by atoms with van der Waals surface area (Å²) < 4.78 is 19.0. The van der Waals surface area contributed by atoms with Gasteiger partial charge >= 0.3 is 5.97 Å². The van der Waals surface area contributed by atoms with Crippen molar-refractivity contribution in [3.63, 3.8) is 0 Å². The molecule has 3 aliphatic rings. The summed E-state index contributed by atoms with van der Waals surface area (Å²) >= 11 is 0. The first-order valence-electron chi connectivity index (χ1n) is 13.6. The maximum atomic E-state index is 11.7. The molecule has 0 bridgehead atoms. The van der Waals surface area contributed by atoms with Crippen LogP contribution >= 0.6 is 0 Å². The van der Waals surface area contributed by atoms with Gasteiger partial charge in [-0.3, -0.25) is 4.79 Å². The third-order valence-electron chi connectivity index (χ3n) is 9.12. The van der Waals surface area contributed by atoms with Crippen molar-refractivity contribution in [2.45, 2.75) is 128 Å². The van der Waals surface area contributed by atoms with E-state index in [-0.39, 0.29) is 35.0 Å². The van der Waals surface area contributed by atoms with E-state index in [1.165, 1.54) is 32.1 Å². The quantitative estimate of drug-likeness (QED) is 0.332. The molecule has 2 unspecified atom stereocenters. The van der Waals surface area contributed by atoms with Crippen molar-refractivity contribution in [1.82, 2.24) is 0 Å². The van der Waals surface area contributed by atoms with Gasteiger partial charge in [0.25, 0.3) is 0 Å². The number of carboxylic acid groups (broad SMARTS) is 1. The smallest absolute Gasteiger partial charge is 0.303 e. The molecule has 2 fully saturated rings. The second kappa shape index (κ2) is 11.5. The molecule has 1 aliphatic heterocycles. The second-order valence-corrected chi connectivity index (χ2v) is 17.4. The summed E-state index contributed by atoms with van der Waals surface area (Å²) in [6.07, 6.45) is 13.9. The van der Waals surface area contributed by atoms with Crippen molar-refractivity contribution >= 4 is 14.3 Å². The van der Waals surface area contributed by atoms with Crippen molar-refractivity contribution < 1.29 is 28.9 Å². The van der Waals surface area contributed by atoms with Crippen LogP contribution in [0.4, 0.5) is 0 Å². The van der Waals surface area contributed by atoms with Gasteiger partial charge in [0.15, 0.2) is 8.32 Å². The van der Waals surface area contributed by atoms with Crippen molar-refractivity contribution in [2.24, 2.45) is 17.8 Å².